The number of ether oxygens (including phenoxy) is 2. The SMILES string of the molecule is Cl.OC(COCCOc1c(F)cc(Br)cc1F)CSc1ccccn1. The van der Waals surface area contributed by atoms with E-state index in [4.69, 9.17) is 9.47 Å². The number of halogens is 4. The van der Waals surface area contributed by atoms with Crippen molar-refractivity contribution in [3.05, 3.63) is 52.6 Å². The van der Waals surface area contributed by atoms with Crippen LogP contribution in [-0.2, 0) is 4.74 Å². The molecule has 1 aromatic carbocycles. The van der Waals surface area contributed by atoms with E-state index in [2.05, 4.69) is 20.9 Å². The Balaban J connectivity index is 0.00000312. The molecule has 0 radical (unpaired) electrons. The molecule has 0 saturated carbocycles. The number of rotatable bonds is 9. The number of thioether (sulfide) groups is 1. The van der Waals surface area contributed by atoms with Crippen LogP contribution in [0.25, 0.3) is 0 Å². The first-order valence-corrected chi connectivity index (χ1v) is 8.91. The molecule has 2 rings (SSSR count). The van der Waals surface area contributed by atoms with Gasteiger partial charge in [-0.3, -0.25) is 0 Å². The van der Waals surface area contributed by atoms with Crippen LogP contribution < -0.4 is 4.74 Å². The summed E-state index contributed by atoms with van der Waals surface area (Å²) < 4.78 is 37.6. The number of benzene rings is 1. The highest BCUT2D eigenvalue weighted by Gasteiger charge is 2.12. The van der Waals surface area contributed by atoms with Crippen molar-refractivity contribution >= 4 is 40.1 Å². The summed E-state index contributed by atoms with van der Waals surface area (Å²) in [5.74, 6) is -1.57. The van der Waals surface area contributed by atoms with Gasteiger partial charge in [0, 0.05) is 16.4 Å². The van der Waals surface area contributed by atoms with Gasteiger partial charge in [-0.1, -0.05) is 22.0 Å². The number of hydrogen-bond donors (Lipinski definition) is 1. The molecule has 4 nitrogen and oxygen atoms in total. The molecule has 0 amide bonds. The maximum Gasteiger partial charge on any atom is 0.190 e. The van der Waals surface area contributed by atoms with Crippen LogP contribution in [0.5, 0.6) is 5.75 Å². The van der Waals surface area contributed by atoms with E-state index in [-0.39, 0.29) is 32.2 Å². The van der Waals surface area contributed by atoms with Crippen molar-refractivity contribution in [1.82, 2.24) is 4.98 Å². The third-order valence-corrected chi connectivity index (χ3v) is 4.36. The second-order valence-corrected chi connectivity index (χ2v) is 6.71. The number of aliphatic hydroxyl groups is 1. The molecule has 0 bridgehead atoms. The maximum atomic E-state index is 13.5. The van der Waals surface area contributed by atoms with Gasteiger partial charge in [-0.15, -0.1) is 24.2 Å². The summed E-state index contributed by atoms with van der Waals surface area (Å²) >= 11 is 4.41. The molecule has 0 saturated heterocycles. The van der Waals surface area contributed by atoms with E-state index in [0.29, 0.717) is 10.2 Å². The third kappa shape index (κ3) is 7.87. The van der Waals surface area contributed by atoms with Crippen LogP contribution in [0.15, 0.2) is 46.0 Å². The molecule has 2 aromatic rings. The van der Waals surface area contributed by atoms with E-state index in [1.807, 2.05) is 18.2 Å². The Morgan fingerprint density at radius 3 is 2.56 bits per heavy atom. The fourth-order valence-corrected chi connectivity index (χ4v) is 2.92. The van der Waals surface area contributed by atoms with Gasteiger partial charge in [-0.25, -0.2) is 13.8 Å². The molecule has 1 unspecified atom stereocenters. The van der Waals surface area contributed by atoms with Crippen LogP contribution in [0.2, 0.25) is 0 Å². The van der Waals surface area contributed by atoms with Gasteiger partial charge in [0.15, 0.2) is 17.4 Å². The quantitative estimate of drug-likeness (QED) is 0.455. The van der Waals surface area contributed by atoms with Gasteiger partial charge in [0.05, 0.1) is 24.3 Å². The average Bonchev–Trinajstić information content (AvgIpc) is 2.55. The number of hydrogen-bond acceptors (Lipinski definition) is 5. The van der Waals surface area contributed by atoms with E-state index in [9.17, 15) is 13.9 Å². The van der Waals surface area contributed by atoms with Gasteiger partial charge >= 0.3 is 0 Å². The molecular weight excluding hydrogens is 440 g/mol. The summed E-state index contributed by atoms with van der Waals surface area (Å²) in [7, 11) is 0. The second-order valence-electron chi connectivity index (χ2n) is 4.75. The normalized spacial score (nSPS) is 11.7. The van der Waals surface area contributed by atoms with Crippen molar-refractivity contribution in [2.24, 2.45) is 0 Å². The minimum Gasteiger partial charge on any atom is -0.485 e. The smallest absolute Gasteiger partial charge is 0.190 e. The number of aromatic nitrogens is 1. The summed E-state index contributed by atoms with van der Waals surface area (Å²) in [5, 5.41) is 10.6. The molecule has 25 heavy (non-hydrogen) atoms. The van der Waals surface area contributed by atoms with Crippen LogP contribution in [0.1, 0.15) is 0 Å². The Bertz CT molecular complexity index is 632. The first-order valence-electron chi connectivity index (χ1n) is 7.13. The molecule has 1 heterocycles. The zero-order valence-corrected chi connectivity index (χ0v) is 16.3. The van der Waals surface area contributed by atoms with Gasteiger partial charge in [0.2, 0.25) is 0 Å². The van der Waals surface area contributed by atoms with Crippen molar-refractivity contribution in [3.8, 4) is 5.75 Å². The van der Waals surface area contributed by atoms with Crippen molar-refractivity contribution in [2.75, 3.05) is 25.6 Å². The molecule has 138 valence electrons. The van der Waals surface area contributed by atoms with Gasteiger partial charge in [0.25, 0.3) is 0 Å². The van der Waals surface area contributed by atoms with Gasteiger partial charge in [-0.05, 0) is 24.3 Å². The van der Waals surface area contributed by atoms with E-state index >= 15 is 0 Å². The predicted molar refractivity (Wildman–Crippen MR) is 98.6 cm³/mol. The van der Waals surface area contributed by atoms with Crippen LogP contribution in [0.3, 0.4) is 0 Å². The predicted octanol–water partition coefficient (Wildman–Crippen LogP) is 4.09. The highest BCUT2D eigenvalue weighted by atomic mass is 79.9. The lowest BCUT2D eigenvalue weighted by Gasteiger charge is -2.12. The van der Waals surface area contributed by atoms with Gasteiger partial charge < -0.3 is 14.6 Å². The first-order chi connectivity index (χ1) is 11.6. The Morgan fingerprint density at radius 2 is 1.92 bits per heavy atom. The summed E-state index contributed by atoms with van der Waals surface area (Å²) in [6.45, 7) is 0.199. The topological polar surface area (TPSA) is 51.6 Å². The fraction of sp³-hybridized carbons (Fsp3) is 0.312. The molecule has 0 aliphatic rings. The molecule has 0 aliphatic heterocycles. The van der Waals surface area contributed by atoms with E-state index in [1.54, 1.807) is 6.20 Å². The number of pyridine rings is 1. The van der Waals surface area contributed by atoms with Gasteiger partial charge in [0.1, 0.15) is 6.61 Å². The molecule has 0 spiro atoms. The molecule has 1 aromatic heterocycles. The summed E-state index contributed by atoms with van der Waals surface area (Å²) in [4.78, 5) is 4.13. The summed E-state index contributed by atoms with van der Waals surface area (Å²) in [6.07, 6.45) is 1.02. The molecule has 1 atom stereocenters. The largest absolute Gasteiger partial charge is 0.485 e. The van der Waals surface area contributed by atoms with Crippen LogP contribution in [0, 0.1) is 11.6 Å². The maximum absolute atomic E-state index is 13.5. The van der Waals surface area contributed by atoms with Crippen molar-refractivity contribution in [1.29, 1.82) is 0 Å². The first kappa shape index (κ1) is 22.1. The Hall–Kier alpha value is -0.930. The average molecular weight is 457 g/mol. The zero-order chi connectivity index (χ0) is 17.4. The van der Waals surface area contributed by atoms with Crippen LogP contribution in [-0.4, -0.2) is 41.8 Å². The molecule has 0 fully saturated rings. The Morgan fingerprint density at radius 1 is 1.20 bits per heavy atom. The standard InChI is InChI=1S/C16H16BrF2NO3S.ClH/c17-11-7-13(18)16(14(19)8-11)23-6-5-22-9-12(21)10-24-15-3-1-2-4-20-15;/h1-4,7-8,12,21H,5-6,9-10H2;1H. The van der Waals surface area contributed by atoms with E-state index in [1.165, 1.54) is 11.8 Å². The summed E-state index contributed by atoms with van der Waals surface area (Å²) in [5.41, 5.74) is 0. The van der Waals surface area contributed by atoms with E-state index in [0.717, 1.165) is 17.2 Å². The monoisotopic (exact) mass is 455 g/mol. The second kappa shape index (κ2) is 11.6. The number of aliphatic hydroxyl groups excluding tert-OH is 1. The van der Waals surface area contributed by atoms with Crippen molar-refractivity contribution in [3.63, 3.8) is 0 Å². The fourth-order valence-electron chi connectivity index (χ4n) is 1.75. The molecule has 0 aliphatic carbocycles. The van der Waals surface area contributed by atoms with Crippen molar-refractivity contribution < 1.29 is 23.4 Å². The van der Waals surface area contributed by atoms with Crippen LogP contribution >= 0.6 is 40.1 Å². The highest BCUT2D eigenvalue weighted by Crippen LogP contribution is 2.25. The van der Waals surface area contributed by atoms with Crippen molar-refractivity contribution in [2.45, 2.75) is 11.1 Å². The minimum absolute atomic E-state index is 0. The number of nitrogens with zero attached hydrogens (tertiary/aromatic N) is 1. The summed E-state index contributed by atoms with van der Waals surface area (Å²) in [6, 6.07) is 7.79. The lowest BCUT2D eigenvalue weighted by molar-refractivity contribution is 0.0338. The minimum atomic E-state index is -0.784. The molecule has 1 N–H and O–H groups in total. The lowest BCUT2D eigenvalue weighted by Crippen LogP contribution is -2.20. The Kier molecular flexibility index (Phi) is 10.3. The third-order valence-electron chi connectivity index (χ3n) is 2.81. The Labute approximate surface area is 163 Å². The lowest BCUT2D eigenvalue weighted by atomic mass is 10.3. The van der Waals surface area contributed by atoms with Crippen LogP contribution in [0.4, 0.5) is 8.78 Å². The van der Waals surface area contributed by atoms with E-state index < -0.39 is 23.5 Å². The molecule has 9 heteroatoms. The molecular formula is C16H17BrClF2NO3S. The zero-order valence-electron chi connectivity index (χ0n) is 13.0. The highest BCUT2D eigenvalue weighted by molar-refractivity contribution is 9.10. The van der Waals surface area contributed by atoms with Gasteiger partial charge in [-0.2, -0.15) is 0 Å².